The van der Waals surface area contributed by atoms with Gasteiger partial charge < -0.3 is 10.1 Å². The van der Waals surface area contributed by atoms with Gasteiger partial charge in [0.2, 0.25) is 0 Å². The SMILES string of the molecule is CNCc1sc(C2CSC(C)C(C)S2)nc1COC. The Balaban J connectivity index is 2.13. The van der Waals surface area contributed by atoms with E-state index < -0.39 is 0 Å². The Morgan fingerprint density at radius 3 is 2.79 bits per heavy atom. The molecule has 3 atom stereocenters. The second-order valence-electron chi connectivity index (χ2n) is 4.75. The van der Waals surface area contributed by atoms with Gasteiger partial charge in [0.05, 0.1) is 17.6 Å². The van der Waals surface area contributed by atoms with E-state index in [1.807, 2.05) is 18.4 Å². The van der Waals surface area contributed by atoms with E-state index >= 15 is 0 Å². The van der Waals surface area contributed by atoms with Gasteiger partial charge in [-0.2, -0.15) is 11.8 Å². The zero-order valence-corrected chi connectivity index (χ0v) is 14.4. The summed E-state index contributed by atoms with van der Waals surface area (Å²) in [6.07, 6.45) is 0. The molecule has 3 unspecified atom stereocenters. The molecule has 0 aromatic carbocycles. The summed E-state index contributed by atoms with van der Waals surface area (Å²) in [7, 11) is 3.71. The molecule has 19 heavy (non-hydrogen) atoms. The zero-order chi connectivity index (χ0) is 13.8. The van der Waals surface area contributed by atoms with Crippen molar-refractivity contribution in [2.24, 2.45) is 0 Å². The highest BCUT2D eigenvalue weighted by atomic mass is 32.2. The van der Waals surface area contributed by atoms with E-state index in [2.05, 4.69) is 42.7 Å². The minimum absolute atomic E-state index is 0.544. The molecule has 1 aliphatic heterocycles. The number of rotatable bonds is 5. The molecule has 108 valence electrons. The molecule has 0 bridgehead atoms. The lowest BCUT2D eigenvalue weighted by molar-refractivity contribution is 0.181. The third-order valence-electron chi connectivity index (χ3n) is 3.24. The fraction of sp³-hybridized carbons (Fsp3) is 0.769. The molecular weight excluding hydrogens is 296 g/mol. The van der Waals surface area contributed by atoms with E-state index in [9.17, 15) is 0 Å². The number of nitrogens with zero attached hydrogens (tertiary/aromatic N) is 1. The van der Waals surface area contributed by atoms with E-state index in [0.29, 0.717) is 17.1 Å². The minimum atomic E-state index is 0.544. The van der Waals surface area contributed by atoms with Crippen molar-refractivity contribution in [3.63, 3.8) is 0 Å². The van der Waals surface area contributed by atoms with Gasteiger partial charge >= 0.3 is 0 Å². The molecule has 1 aromatic heterocycles. The first-order valence-corrected chi connectivity index (χ1v) is 9.35. The minimum Gasteiger partial charge on any atom is -0.378 e. The maximum absolute atomic E-state index is 5.26. The lowest BCUT2D eigenvalue weighted by Gasteiger charge is -2.30. The Labute approximate surface area is 128 Å². The molecule has 1 aliphatic rings. The molecule has 1 aromatic rings. The number of thioether (sulfide) groups is 2. The van der Waals surface area contributed by atoms with Crippen molar-refractivity contribution in [1.82, 2.24) is 10.3 Å². The van der Waals surface area contributed by atoms with E-state index in [0.717, 1.165) is 17.5 Å². The summed E-state index contributed by atoms with van der Waals surface area (Å²) in [4.78, 5) is 6.14. The quantitative estimate of drug-likeness (QED) is 0.901. The number of methoxy groups -OCH3 is 1. The average Bonchev–Trinajstić information content (AvgIpc) is 2.77. The van der Waals surface area contributed by atoms with Gasteiger partial charge in [0.1, 0.15) is 5.01 Å². The van der Waals surface area contributed by atoms with Gasteiger partial charge in [0.15, 0.2) is 0 Å². The fourth-order valence-electron chi connectivity index (χ4n) is 2.00. The van der Waals surface area contributed by atoms with E-state index in [1.54, 1.807) is 7.11 Å². The van der Waals surface area contributed by atoms with Crippen molar-refractivity contribution in [2.75, 3.05) is 19.9 Å². The number of thiazole rings is 1. The highest BCUT2D eigenvalue weighted by Gasteiger charge is 2.29. The van der Waals surface area contributed by atoms with Crippen LogP contribution in [-0.2, 0) is 17.9 Å². The smallest absolute Gasteiger partial charge is 0.107 e. The molecule has 1 saturated heterocycles. The molecular formula is C13H22N2OS3. The zero-order valence-electron chi connectivity index (χ0n) is 11.9. The first-order valence-electron chi connectivity index (χ1n) is 6.54. The Bertz CT molecular complexity index is 387. The Morgan fingerprint density at radius 1 is 1.37 bits per heavy atom. The van der Waals surface area contributed by atoms with Gasteiger partial charge in [-0.25, -0.2) is 4.98 Å². The monoisotopic (exact) mass is 318 g/mol. The van der Waals surface area contributed by atoms with Gasteiger partial charge in [0, 0.05) is 34.8 Å². The lowest BCUT2D eigenvalue weighted by atomic mass is 10.3. The normalized spacial score (nSPS) is 27.7. The summed E-state index contributed by atoms with van der Waals surface area (Å²) in [5.74, 6) is 1.18. The molecule has 6 heteroatoms. The van der Waals surface area contributed by atoms with Gasteiger partial charge in [-0.3, -0.25) is 0 Å². The van der Waals surface area contributed by atoms with E-state index in [1.165, 1.54) is 15.6 Å². The lowest BCUT2D eigenvalue weighted by Crippen LogP contribution is -2.21. The predicted octanol–water partition coefficient (Wildman–Crippen LogP) is 3.31. The summed E-state index contributed by atoms with van der Waals surface area (Å²) in [6.45, 7) is 6.15. The summed E-state index contributed by atoms with van der Waals surface area (Å²) in [5, 5.41) is 6.48. The van der Waals surface area contributed by atoms with Crippen molar-refractivity contribution in [2.45, 2.75) is 42.7 Å². The Kier molecular flexibility index (Phi) is 6.02. The van der Waals surface area contributed by atoms with Crippen LogP contribution in [0.3, 0.4) is 0 Å². The van der Waals surface area contributed by atoms with E-state index in [-0.39, 0.29) is 0 Å². The largest absolute Gasteiger partial charge is 0.378 e. The fourth-order valence-corrected chi connectivity index (χ4v) is 6.27. The second kappa shape index (κ2) is 7.31. The van der Waals surface area contributed by atoms with Gasteiger partial charge in [-0.15, -0.1) is 23.1 Å². The van der Waals surface area contributed by atoms with Gasteiger partial charge in [0.25, 0.3) is 0 Å². The maximum Gasteiger partial charge on any atom is 0.107 e. The molecule has 2 heterocycles. The molecule has 0 amide bonds. The standard InChI is InChI=1S/C13H22N2OS3/c1-8-9(2)18-12(7-17-8)13-15-10(6-16-4)11(19-13)5-14-3/h8-9,12,14H,5-7H2,1-4H3. The Morgan fingerprint density at radius 2 is 2.16 bits per heavy atom. The van der Waals surface area contributed by atoms with Crippen molar-refractivity contribution < 1.29 is 4.74 Å². The molecule has 3 nitrogen and oxygen atoms in total. The molecule has 0 spiro atoms. The second-order valence-corrected chi connectivity index (χ2v) is 8.86. The van der Waals surface area contributed by atoms with Crippen molar-refractivity contribution in [3.8, 4) is 0 Å². The molecule has 0 aliphatic carbocycles. The van der Waals surface area contributed by atoms with Crippen LogP contribution in [0.2, 0.25) is 0 Å². The van der Waals surface area contributed by atoms with Crippen LogP contribution in [0.25, 0.3) is 0 Å². The number of nitrogens with one attached hydrogen (secondary N) is 1. The van der Waals surface area contributed by atoms with Crippen LogP contribution in [0.4, 0.5) is 0 Å². The number of ether oxygens (including phenoxy) is 1. The van der Waals surface area contributed by atoms with Gasteiger partial charge in [-0.1, -0.05) is 13.8 Å². The number of hydrogen-bond donors (Lipinski definition) is 1. The molecule has 1 fully saturated rings. The van der Waals surface area contributed by atoms with E-state index in [4.69, 9.17) is 9.72 Å². The topological polar surface area (TPSA) is 34.2 Å². The summed E-state index contributed by atoms with van der Waals surface area (Å²) < 4.78 is 5.26. The molecule has 1 N–H and O–H groups in total. The first-order chi connectivity index (χ1) is 9.15. The number of aromatic nitrogens is 1. The average molecular weight is 319 g/mol. The predicted molar refractivity (Wildman–Crippen MR) is 87.3 cm³/mol. The van der Waals surface area contributed by atoms with Crippen LogP contribution in [0.1, 0.15) is 34.7 Å². The Hall–Kier alpha value is 0.250. The first kappa shape index (κ1) is 15.6. The van der Waals surface area contributed by atoms with Crippen LogP contribution in [0.5, 0.6) is 0 Å². The summed E-state index contributed by atoms with van der Waals surface area (Å²) in [6, 6.07) is 0. The number of hydrogen-bond acceptors (Lipinski definition) is 6. The molecule has 0 saturated carbocycles. The van der Waals surface area contributed by atoms with Crippen molar-refractivity contribution in [3.05, 3.63) is 15.6 Å². The summed E-state index contributed by atoms with van der Waals surface area (Å²) >= 11 is 5.99. The molecule has 0 radical (unpaired) electrons. The van der Waals surface area contributed by atoms with Crippen LogP contribution in [-0.4, -0.2) is 35.4 Å². The third kappa shape index (κ3) is 3.88. The van der Waals surface area contributed by atoms with Crippen LogP contribution < -0.4 is 5.32 Å². The van der Waals surface area contributed by atoms with Gasteiger partial charge in [-0.05, 0) is 7.05 Å². The maximum atomic E-state index is 5.26. The highest BCUT2D eigenvalue weighted by molar-refractivity contribution is 8.07. The third-order valence-corrected chi connectivity index (χ3v) is 8.00. The summed E-state index contributed by atoms with van der Waals surface area (Å²) in [5.41, 5.74) is 1.11. The van der Waals surface area contributed by atoms with Crippen LogP contribution in [0.15, 0.2) is 0 Å². The molecule has 2 rings (SSSR count). The van der Waals surface area contributed by atoms with Crippen molar-refractivity contribution >= 4 is 34.9 Å². The highest BCUT2D eigenvalue weighted by Crippen LogP contribution is 2.45. The van der Waals surface area contributed by atoms with Crippen LogP contribution in [0, 0.1) is 0 Å². The van der Waals surface area contributed by atoms with Crippen molar-refractivity contribution in [1.29, 1.82) is 0 Å². The van der Waals surface area contributed by atoms with Crippen LogP contribution >= 0.6 is 34.9 Å².